The van der Waals surface area contributed by atoms with Crippen molar-refractivity contribution in [2.45, 2.75) is 11.8 Å². The first-order valence-corrected chi connectivity index (χ1v) is 10.5. The van der Waals surface area contributed by atoms with Gasteiger partial charge in [-0.1, -0.05) is 23.5 Å². The normalized spacial score (nSPS) is 11.2. The highest BCUT2D eigenvalue weighted by Crippen LogP contribution is 2.27. The summed E-state index contributed by atoms with van der Waals surface area (Å²) >= 11 is 1.50. The number of fused-ring (bicyclic) bond motifs is 1. The van der Waals surface area contributed by atoms with Crippen molar-refractivity contribution in [2.24, 2.45) is 0 Å². The first kappa shape index (κ1) is 19.8. The predicted molar refractivity (Wildman–Crippen MR) is 109 cm³/mol. The molecule has 0 saturated carbocycles. The Balaban J connectivity index is 1.63. The van der Waals surface area contributed by atoms with E-state index in [4.69, 9.17) is 0 Å². The minimum absolute atomic E-state index is 0.0627. The lowest BCUT2D eigenvalue weighted by atomic mass is 10.3. The molecule has 0 fully saturated rings. The van der Waals surface area contributed by atoms with Gasteiger partial charge in [-0.05, 0) is 36.4 Å². The summed E-state index contributed by atoms with van der Waals surface area (Å²) in [6, 6.07) is 13.3. The molecule has 8 nitrogen and oxygen atoms in total. The molecule has 0 atom stereocenters. The average molecular weight is 419 g/mol. The third kappa shape index (κ3) is 4.65. The van der Waals surface area contributed by atoms with Crippen LogP contribution in [0.4, 0.5) is 10.8 Å². The van der Waals surface area contributed by atoms with Gasteiger partial charge in [0.05, 0.1) is 21.7 Å². The first-order chi connectivity index (χ1) is 13.2. The fourth-order valence-electron chi connectivity index (χ4n) is 2.47. The van der Waals surface area contributed by atoms with Crippen LogP contribution in [0.1, 0.15) is 6.92 Å². The summed E-state index contributed by atoms with van der Waals surface area (Å²) in [5.41, 5.74) is 1.33. The number of thiazole rings is 1. The highest BCUT2D eigenvalue weighted by molar-refractivity contribution is 7.90. The molecular formula is C18H18N4O4S2. The Hall–Kier alpha value is -2.98. The van der Waals surface area contributed by atoms with E-state index in [0.717, 1.165) is 22.3 Å². The fraction of sp³-hybridized carbons (Fsp3) is 0.167. The number of benzene rings is 2. The summed E-state index contributed by atoms with van der Waals surface area (Å²) in [5, 5.41) is 3.44. The molecule has 2 amide bonds. The number of carbonyl (C=O) groups is 2. The number of aromatic nitrogens is 1. The van der Waals surface area contributed by atoms with Gasteiger partial charge in [-0.15, -0.1) is 0 Å². The maximum atomic E-state index is 12.3. The van der Waals surface area contributed by atoms with Crippen LogP contribution in [0.2, 0.25) is 0 Å². The number of sulfonamides is 1. The standard InChI is InChI=1S/C18H18N4O4S2/c1-12(23)21-28(25,26)14-9-7-13(8-10-14)19-17(24)11-22(2)18-20-15-5-3-4-6-16(15)27-18/h3-10H,11H2,1-2H3,(H,19,24)(H,21,23). The molecular weight excluding hydrogens is 400 g/mol. The van der Waals surface area contributed by atoms with Crippen LogP contribution in [0, 0.1) is 0 Å². The first-order valence-electron chi connectivity index (χ1n) is 8.24. The van der Waals surface area contributed by atoms with Gasteiger partial charge >= 0.3 is 0 Å². The number of rotatable bonds is 6. The molecule has 3 rings (SSSR count). The minimum atomic E-state index is -3.90. The maximum Gasteiger partial charge on any atom is 0.264 e. The second-order valence-electron chi connectivity index (χ2n) is 6.05. The second kappa shape index (κ2) is 7.95. The molecule has 0 aliphatic rings. The van der Waals surface area contributed by atoms with Gasteiger partial charge < -0.3 is 10.2 Å². The Morgan fingerprint density at radius 2 is 1.79 bits per heavy atom. The van der Waals surface area contributed by atoms with Crippen LogP contribution in [0.5, 0.6) is 0 Å². The number of nitrogens with one attached hydrogen (secondary N) is 2. The van der Waals surface area contributed by atoms with Crippen molar-refractivity contribution >= 4 is 54.2 Å². The number of likely N-dealkylation sites (N-methyl/N-ethyl adjacent to an activating group) is 1. The summed E-state index contributed by atoms with van der Waals surface area (Å²) in [4.78, 5) is 29.4. The quantitative estimate of drug-likeness (QED) is 0.635. The molecule has 0 bridgehead atoms. The second-order valence-corrected chi connectivity index (χ2v) is 8.75. The average Bonchev–Trinajstić information content (AvgIpc) is 3.05. The van der Waals surface area contributed by atoms with E-state index in [-0.39, 0.29) is 17.3 Å². The lowest BCUT2D eigenvalue weighted by Crippen LogP contribution is -2.30. The van der Waals surface area contributed by atoms with Gasteiger partial charge in [0, 0.05) is 19.7 Å². The lowest BCUT2D eigenvalue weighted by molar-refractivity contribution is -0.117. The molecule has 146 valence electrons. The highest BCUT2D eigenvalue weighted by Gasteiger charge is 2.16. The van der Waals surface area contributed by atoms with Crippen molar-refractivity contribution in [2.75, 3.05) is 23.8 Å². The van der Waals surface area contributed by atoms with Crippen LogP contribution in [-0.2, 0) is 19.6 Å². The van der Waals surface area contributed by atoms with Crippen molar-refractivity contribution in [1.29, 1.82) is 0 Å². The molecule has 10 heteroatoms. The van der Waals surface area contributed by atoms with E-state index in [1.165, 1.54) is 35.6 Å². The van der Waals surface area contributed by atoms with Crippen LogP contribution < -0.4 is 14.9 Å². The monoisotopic (exact) mass is 418 g/mol. The third-order valence-electron chi connectivity index (χ3n) is 3.72. The van der Waals surface area contributed by atoms with Gasteiger partial charge in [-0.3, -0.25) is 9.59 Å². The van der Waals surface area contributed by atoms with Crippen molar-refractivity contribution in [1.82, 2.24) is 9.71 Å². The fourth-order valence-corrected chi connectivity index (χ4v) is 4.39. The van der Waals surface area contributed by atoms with Crippen molar-refractivity contribution < 1.29 is 18.0 Å². The molecule has 0 spiro atoms. The van der Waals surface area contributed by atoms with Crippen molar-refractivity contribution in [3.63, 3.8) is 0 Å². The molecule has 28 heavy (non-hydrogen) atoms. The third-order valence-corrected chi connectivity index (χ3v) is 6.32. The molecule has 0 aliphatic carbocycles. The summed E-state index contributed by atoms with van der Waals surface area (Å²) in [7, 11) is -2.12. The molecule has 3 aromatic rings. The zero-order chi connectivity index (χ0) is 20.3. The Labute approximate surface area is 166 Å². The maximum absolute atomic E-state index is 12.3. The summed E-state index contributed by atoms with van der Waals surface area (Å²) in [6.07, 6.45) is 0. The van der Waals surface area contributed by atoms with Gasteiger partial charge in [0.2, 0.25) is 11.8 Å². The van der Waals surface area contributed by atoms with Gasteiger partial charge in [-0.2, -0.15) is 0 Å². The lowest BCUT2D eigenvalue weighted by Gasteiger charge is -2.15. The Morgan fingerprint density at radius 3 is 2.43 bits per heavy atom. The molecule has 2 N–H and O–H groups in total. The SMILES string of the molecule is CC(=O)NS(=O)(=O)c1ccc(NC(=O)CN(C)c2nc3ccccc3s2)cc1. The highest BCUT2D eigenvalue weighted by atomic mass is 32.2. The molecule has 0 unspecified atom stereocenters. The topological polar surface area (TPSA) is 108 Å². The zero-order valence-electron chi connectivity index (χ0n) is 15.2. The van der Waals surface area contributed by atoms with Gasteiger partial charge in [-0.25, -0.2) is 18.1 Å². The Bertz CT molecular complexity index is 1090. The minimum Gasteiger partial charge on any atom is -0.342 e. The molecule has 1 heterocycles. The van der Waals surface area contributed by atoms with E-state index in [1.54, 1.807) is 11.9 Å². The zero-order valence-corrected chi connectivity index (χ0v) is 16.8. The number of hydrogen-bond acceptors (Lipinski definition) is 7. The number of amides is 2. The molecule has 1 aromatic heterocycles. The molecule has 2 aromatic carbocycles. The van der Waals surface area contributed by atoms with Crippen molar-refractivity contribution in [3.8, 4) is 0 Å². The Morgan fingerprint density at radius 1 is 1.11 bits per heavy atom. The van der Waals surface area contributed by atoms with Gasteiger partial charge in [0.1, 0.15) is 0 Å². The summed E-state index contributed by atoms with van der Waals surface area (Å²) in [6.45, 7) is 1.21. The van der Waals surface area contributed by atoms with Gasteiger partial charge in [0.25, 0.3) is 10.0 Å². The van der Waals surface area contributed by atoms with Crippen molar-refractivity contribution in [3.05, 3.63) is 48.5 Å². The van der Waals surface area contributed by atoms with E-state index in [0.29, 0.717) is 5.69 Å². The number of para-hydroxylation sites is 1. The summed E-state index contributed by atoms with van der Waals surface area (Å²) < 4.78 is 26.8. The van der Waals surface area contributed by atoms with E-state index in [9.17, 15) is 18.0 Å². The van der Waals surface area contributed by atoms with E-state index < -0.39 is 15.9 Å². The number of carbonyl (C=O) groups excluding carboxylic acids is 2. The van der Waals surface area contributed by atoms with E-state index in [1.807, 2.05) is 29.0 Å². The van der Waals surface area contributed by atoms with Crippen LogP contribution in [0.15, 0.2) is 53.4 Å². The van der Waals surface area contributed by atoms with Gasteiger partial charge in [0.15, 0.2) is 5.13 Å². The summed E-state index contributed by atoms with van der Waals surface area (Å²) in [5.74, 6) is -0.936. The number of hydrogen-bond donors (Lipinski definition) is 2. The largest absolute Gasteiger partial charge is 0.342 e. The van der Waals surface area contributed by atoms with E-state index >= 15 is 0 Å². The van der Waals surface area contributed by atoms with Crippen LogP contribution in [-0.4, -0.2) is 38.8 Å². The smallest absolute Gasteiger partial charge is 0.264 e. The number of anilines is 2. The Kier molecular flexibility index (Phi) is 5.61. The van der Waals surface area contributed by atoms with Crippen LogP contribution in [0.25, 0.3) is 10.2 Å². The molecule has 0 aliphatic heterocycles. The predicted octanol–water partition coefficient (Wildman–Crippen LogP) is 2.20. The van der Waals surface area contributed by atoms with Crippen LogP contribution >= 0.6 is 11.3 Å². The number of nitrogens with zero attached hydrogens (tertiary/aromatic N) is 2. The molecule has 0 radical (unpaired) electrons. The molecule has 0 saturated heterocycles. The van der Waals surface area contributed by atoms with E-state index in [2.05, 4.69) is 10.3 Å². The van der Waals surface area contributed by atoms with Crippen LogP contribution in [0.3, 0.4) is 0 Å².